The number of hydrogen-bond donors (Lipinski definition) is 3. The van der Waals surface area contributed by atoms with Gasteiger partial charge in [-0.05, 0) is 42.5 Å². The second kappa shape index (κ2) is 10.6. The molecule has 0 atom stereocenters. The van der Waals surface area contributed by atoms with E-state index in [1.807, 2.05) is 0 Å². The molecule has 0 aliphatic rings. The highest BCUT2D eigenvalue weighted by molar-refractivity contribution is 6.42. The largest absolute Gasteiger partial charge is 0.417 e. The summed E-state index contributed by atoms with van der Waals surface area (Å²) in [6.45, 7) is 0. The number of nitro groups is 1. The molecule has 3 N–H and O–H groups in total. The number of ether oxygens (including phenoxy) is 1. The summed E-state index contributed by atoms with van der Waals surface area (Å²) in [5, 5.41) is 19.5. The molecule has 13 heteroatoms. The Kier molecular flexibility index (Phi) is 7.83. The molecule has 33 heavy (non-hydrogen) atoms. The second-order valence-electron chi connectivity index (χ2n) is 6.29. The molecule has 0 radical (unpaired) electrons. The number of carbonyl (C=O) groups is 2. The number of nitrogens with zero attached hydrogens (tertiary/aromatic N) is 1. The summed E-state index contributed by atoms with van der Waals surface area (Å²) in [4.78, 5) is 35.2. The minimum atomic E-state index is -0.935. The van der Waals surface area contributed by atoms with Gasteiger partial charge in [-0.1, -0.05) is 46.4 Å². The van der Waals surface area contributed by atoms with Crippen molar-refractivity contribution in [1.82, 2.24) is 0 Å². The van der Waals surface area contributed by atoms with Crippen molar-refractivity contribution < 1.29 is 19.2 Å². The summed E-state index contributed by atoms with van der Waals surface area (Å²) >= 11 is 23.5. The van der Waals surface area contributed by atoms with Crippen molar-refractivity contribution in [3.8, 4) is 5.75 Å². The normalized spacial score (nSPS) is 10.3. The van der Waals surface area contributed by atoms with Crippen molar-refractivity contribution in [1.29, 1.82) is 0 Å². The van der Waals surface area contributed by atoms with Crippen LogP contribution < -0.4 is 20.7 Å². The number of anilines is 3. The van der Waals surface area contributed by atoms with E-state index in [0.29, 0.717) is 21.4 Å². The number of benzene rings is 3. The Balaban J connectivity index is 1.77. The molecule has 0 unspecified atom stereocenters. The molecule has 3 amide bonds. The Labute approximate surface area is 206 Å². The third-order valence-electron chi connectivity index (χ3n) is 3.97. The number of carbonyl (C=O) groups excluding carboxylic acids is 2. The Bertz CT molecular complexity index is 1260. The highest BCUT2D eigenvalue weighted by Crippen LogP contribution is 2.31. The lowest BCUT2D eigenvalue weighted by Gasteiger charge is -2.13. The van der Waals surface area contributed by atoms with E-state index in [-0.39, 0.29) is 27.2 Å². The Morgan fingerprint density at radius 3 is 1.88 bits per heavy atom. The van der Waals surface area contributed by atoms with Gasteiger partial charge in [0.1, 0.15) is 0 Å². The van der Waals surface area contributed by atoms with Crippen molar-refractivity contribution in [2.45, 2.75) is 0 Å². The lowest BCUT2D eigenvalue weighted by molar-refractivity contribution is -0.384. The Hall–Kier alpha value is -3.24. The van der Waals surface area contributed by atoms with Gasteiger partial charge in [0.05, 0.1) is 30.7 Å². The van der Waals surface area contributed by atoms with Gasteiger partial charge in [0.15, 0.2) is 5.75 Å². The van der Waals surface area contributed by atoms with Gasteiger partial charge < -0.3 is 15.4 Å². The van der Waals surface area contributed by atoms with Crippen molar-refractivity contribution in [3.63, 3.8) is 0 Å². The van der Waals surface area contributed by atoms with E-state index in [4.69, 9.17) is 51.1 Å². The highest BCUT2D eigenvalue weighted by atomic mass is 35.5. The predicted molar refractivity (Wildman–Crippen MR) is 128 cm³/mol. The summed E-state index contributed by atoms with van der Waals surface area (Å²) in [5.41, 5.74) is 0.137. The predicted octanol–water partition coefficient (Wildman–Crippen LogP) is 7.46. The minimum Gasteiger partial charge on any atom is -0.408 e. The SMILES string of the molecule is O=C(Nc1ccc(Cl)c(Cl)c1)Nc1cc([N+](=O)[O-])ccc1OC(=O)Nc1ccc(Cl)c(Cl)c1. The monoisotopic (exact) mass is 528 g/mol. The van der Waals surface area contributed by atoms with Crippen molar-refractivity contribution >= 4 is 81.3 Å². The summed E-state index contributed by atoms with van der Waals surface area (Å²) < 4.78 is 5.21. The van der Waals surface area contributed by atoms with Gasteiger partial charge >= 0.3 is 12.1 Å². The van der Waals surface area contributed by atoms with Crippen LogP contribution in [0.15, 0.2) is 54.6 Å². The molecule has 0 saturated carbocycles. The number of rotatable bonds is 5. The summed E-state index contributed by atoms with van der Waals surface area (Å²) in [6, 6.07) is 11.3. The minimum absolute atomic E-state index is 0.133. The maximum atomic E-state index is 12.4. The quantitative estimate of drug-likeness (QED) is 0.234. The van der Waals surface area contributed by atoms with Gasteiger partial charge in [-0.15, -0.1) is 0 Å². The average Bonchev–Trinajstić information content (AvgIpc) is 2.74. The van der Waals surface area contributed by atoms with Crippen LogP contribution in [0, 0.1) is 10.1 Å². The number of non-ortho nitro benzene ring substituents is 1. The summed E-state index contributed by atoms with van der Waals surface area (Å²) in [7, 11) is 0. The first-order valence-electron chi connectivity index (χ1n) is 8.88. The zero-order valence-corrected chi connectivity index (χ0v) is 19.2. The molecule has 170 valence electrons. The van der Waals surface area contributed by atoms with E-state index in [1.54, 1.807) is 0 Å². The maximum absolute atomic E-state index is 12.4. The molecule has 3 aromatic carbocycles. The van der Waals surface area contributed by atoms with Crippen molar-refractivity contribution in [3.05, 3.63) is 84.8 Å². The van der Waals surface area contributed by atoms with E-state index >= 15 is 0 Å². The molecule has 3 aromatic rings. The number of hydrogen-bond acceptors (Lipinski definition) is 5. The van der Waals surface area contributed by atoms with Gasteiger partial charge in [0.2, 0.25) is 0 Å². The molecule has 0 bridgehead atoms. The van der Waals surface area contributed by atoms with Gasteiger partial charge in [-0.25, -0.2) is 9.59 Å². The van der Waals surface area contributed by atoms with Crippen LogP contribution in [-0.2, 0) is 0 Å². The standard InChI is InChI=1S/C20H12Cl4N4O5/c21-13-4-1-10(7-15(13)23)25-19(29)27-17-9-12(28(31)32)3-6-18(17)33-20(30)26-11-2-5-14(22)16(24)8-11/h1-9H,(H,26,30)(H2,25,27,29). The van der Waals surface area contributed by atoms with Crippen LogP contribution in [0.2, 0.25) is 20.1 Å². The maximum Gasteiger partial charge on any atom is 0.417 e. The van der Waals surface area contributed by atoms with Gasteiger partial charge in [-0.3, -0.25) is 15.4 Å². The lowest BCUT2D eigenvalue weighted by atomic mass is 10.2. The molecule has 0 spiro atoms. The smallest absolute Gasteiger partial charge is 0.408 e. The van der Waals surface area contributed by atoms with Gasteiger partial charge in [0, 0.05) is 23.5 Å². The van der Waals surface area contributed by atoms with Crippen LogP contribution in [0.3, 0.4) is 0 Å². The fourth-order valence-electron chi connectivity index (χ4n) is 2.49. The molecular weight excluding hydrogens is 518 g/mol. The molecule has 3 rings (SSSR count). The number of nitrogens with one attached hydrogen (secondary N) is 3. The number of halogens is 4. The molecular formula is C20H12Cl4N4O5. The van der Waals surface area contributed by atoms with Crippen LogP contribution in [0.4, 0.5) is 32.3 Å². The number of nitro benzene ring substituents is 1. The molecule has 0 aromatic heterocycles. The van der Waals surface area contributed by atoms with E-state index in [1.165, 1.54) is 42.5 Å². The van der Waals surface area contributed by atoms with Crippen LogP contribution in [0.5, 0.6) is 5.75 Å². The number of urea groups is 1. The highest BCUT2D eigenvalue weighted by Gasteiger charge is 2.17. The first-order chi connectivity index (χ1) is 15.6. The third kappa shape index (κ3) is 6.62. The first kappa shape index (κ1) is 24.4. The zero-order chi connectivity index (χ0) is 24.1. The molecule has 0 fully saturated rings. The van der Waals surface area contributed by atoms with E-state index < -0.39 is 17.0 Å². The summed E-state index contributed by atoms with van der Waals surface area (Å²) in [5.74, 6) is -0.151. The van der Waals surface area contributed by atoms with Crippen molar-refractivity contribution in [2.24, 2.45) is 0 Å². The lowest BCUT2D eigenvalue weighted by Crippen LogP contribution is -2.22. The van der Waals surface area contributed by atoms with Crippen LogP contribution in [-0.4, -0.2) is 17.0 Å². The Morgan fingerprint density at radius 1 is 0.758 bits per heavy atom. The molecule has 0 aliphatic carbocycles. The molecule has 0 heterocycles. The van der Waals surface area contributed by atoms with Crippen molar-refractivity contribution in [2.75, 3.05) is 16.0 Å². The van der Waals surface area contributed by atoms with Crippen LogP contribution in [0.1, 0.15) is 0 Å². The average molecular weight is 530 g/mol. The second-order valence-corrected chi connectivity index (χ2v) is 7.92. The zero-order valence-electron chi connectivity index (χ0n) is 16.2. The van der Waals surface area contributed by atoms with E-state index in [0.717, 1.165) is 12.1 Å². The van der Waals surface area contributed by atoms with Gasteiger partial charge in [0.25, 0.3) is 5.69 Å². The molecule has 0 aliphatic heterocycles. The third-order valence-corrected chi connectivity index (χ3v) is 5.45. The fraction of sp³-hybridized carbons (Fsp3) is 0. The van der Waals surface area contributed by atoms with Gasteiger partial charge in [-0.2, -0.15) is 0 Å². The van der Waals surface area contributed by atoms with Crippen LogP contribution in [0.25, 0.3) is 0 Å². The Morgan fingerprint density at radius 2 is 1.33 bits per heavy atom. The molecule has 0 saturated heterocycles. The van der Waals surface area contributed by atoms with E-state index in [9.17, 15) is 19.7 Å². The van der Waals surface area contributed by atoms with E-state index in [2.05, 4.69) is 16.0 Å². The summed E-state index contributed by atoms with van der Waals surface area (Å²) in [6.07, 6.45) is -0.935. The fourth-order valence-corrected chi connectivity index (χ4v) is 3.09. The first-order valence-corrected chi connectivity index (χ1v) is 10.4. The topological polar surface area (TPSA) is 123 Å². The number of amides is 3. The van der Waals surface area contributed by atoms with Crippen LogP contribution >= 0.6 is 46.4 Å². The molecule has 9 nitrogen and oxygen atoms in total.